The Labute approximate surface area is 117 Å². The highest BCUT2D eigenvalue weighted by Gasteiger charge is 2.19. The smallest absolute Gasteiger partial charge is 0.124 e. The minimum Gasteiger partial charge on any atom is -0.496 e. The van der Waals surface area contributed by atoms with Gasteiger partial charge < -0.3 is 14.7 Å². The number of methoxy groups -OCH3 is 1. The van der Waals surface area contributed by atoms with E-state index >= 15 is 0 Å². The number of aliphatic hydroxyl groups is 1. The molecule has 0 spiro atoms. The van der Waals surface area contributed by atoms with E-state index in [9.17, 15) is 5.11 Å². The summed E-state index contributed by atoms with van der Waals surface area (Å²) in [4.78, 5) is 2.07. The Hall–Kier alpha value is -1.06. The van der Waals surface area contributed by atoms with Crippen LogP contribution in [0.3, 0.4) is 0 Å². The molecule has 0 aliphatic heterocycles. The van der Waals surface area contributed by atoms with Gasteiger partial charge in [-0.1, -0.05) is 26.8 Å². The minimum atomic E-state index is -0.486. The Morgan fingerprint density at radius 2 is 1.89 bits per heavy atom. The summed E-state index contributed by atoms with van der Waals surface area (Å²) >= 11 is 0. The van der Waals surface area contributed by atoms with Gasteiger partial charge in [-0.25, -0.2) is 0 Å². The van der Waals surface area contributed by atoms with Crippen molar-refractivity contribution in [1.29, 1.82) is 0 Å². The summed E-state index contributed by atoms with van der Waals surface area (Å²) in [6.45, 7) is 7.37. The van der Waals surface area contributed by atoms with Crippen LogP contribution in [0.5, 0.6) is 5.75 Å². The molecular weight excluding hydrogens is 238 g/mol. The molecule has 1 unspecified atom stereocenters. The lowest BCUT2D eigenvalue weighted by atomic mass is 9.85. The van der Waals surface area contributed by atoms with Crippen LogP contribution in [0.25, 0.3) is 0 Å². The van der Waals surface area contributed by atoms with Gasteiger partial charge in [0.25, 0.3) is 0 Å². The fourth-order valence-corrected chi connectivity index (χ4v) is 2.00. The Morgan fingerprint density at radius 3 is 2.37 bits per heavy atom. The largest absolute Gasteiger partial charge is 0.496 e. The number of aliphatic hydroxyl groups excluding tert-OH is 1. The fourth-order valence-electron chi connectivity index (χ4n) is 2.00. The van der Waals surface area contributed by atoms with E-state index in [-0.39, 0.29) is 5.41 Å². The Morgan fingerprint density at radius 1 is 1.26 bits per heavy atom. The maximum atomic E-state index is 10.4. The molecule has 0 aliphatic rings. The van der Waals surface area contributed by atoms with Gasteiger partial charge in [0.1, 0.15) is 5.75 Å². The molecule has 108 valence electrons. The number of rotatable bonds is 5. The molecule has 1 atom stereocenters. The SMILES string of the molecule is COc1ccc(C(C)(C)C)cc1C(O)CCN(C)C. The quantitative estimate of drug-likeness (QED) is 0.888. The summed E-state index contributed by atoms with van der Waals surface area (Å²) < 4.78 is 5.37. The molecule has 0 saturated heterocycles. The van der Waals surface area contributed by atoms with Crippen molar-refractivity contribution in [1.82, 2.24) is 4.90 Å². The molecule has 3 heteroatoms. The molecule has 1 rings (SSSR count). The molecular formula is C16H27NO2. The summed E-state index contributed by atoms with van der Waals surface area (Å²) in [6.07, 6.45) is 0.219. The first-order valence-corrected chi connectivity index (χ1v) is 6.77. The maximum Gasteiger partial charge on any atom is 0.124 e. The zero-order valence-corrected chi connectivity index (χ0v) is 13.0. The highest BCUT2D eigenvalue weighted by molar-refractivity contribution is 5.41. The number of nitrogens with zero attached hydrogens (tertiary/aromatic N) is 1. The number of benzene rings is 1. The second-order valence-corrected chi connectivity index (χ2v) is 6.31. The van der Waals surface area contributed by atoms with E-state index in [2.05, 4.69) is 37.8 Å². The van der Waals surface area contributed by atoms with Gasteiger partial charge in [-0.2, -0.15) is 0 Å². The summed E-state index contributed by atoms with van der Waals surface area (Å²) in [5, 5.41) is 10.4. The zero-order valence-electron chi connectivity index (χ0n) is 13.0. The highest BCUT2D eigenvalue weighted by atomic mass is 16.5. The summed E-state index contributed by atoms with van der Waals surface area (Å²) in [6, 6.07) is 6.09. The van der Waals surface area contributed by atoms with Gasteiger partial charge in [0, 0.05) is 12.1 Å². The van der Waals surface area contributed by atoms with E-state index in [1.54, 1.807) is 7.11 Å². The molecule has 19 heavy (non-hydrogen) atoms. The molecule has 0 amide bonds. The molecule has 0 radical (unpaired) electrons. The van der Waals surface area contributed by atoms with E-state index in [0.717, 1.165) is 17.9 Å². The van der Waals surface area contributed by atoms with Crippen molar-refractivity contribution in [3.63, 3.8) is 0 Å². The van der Waals surface area contributed by atoms with Crippen LogP contribution >= 0.6 is 0 Å². The Bertz CT molecular complexity index is 408. The van der Waals surface area contributed by atoms with Gasteiger partial charge in [-0.05, 0) is 43.6 Å². The Balaban J connectivity index is 3.02. The lowest BCUT2D eigenvalue weighted by Gasteiger charge is -2.23. The van der Waals surface area contributed by atoms with Crippen LogP contribution in [0.1, 0.15) is 44.4 Å². The molecule has 0 heterocycles. The van der Waals surface area contributed by atoms with Crippen LogP contribution in [0.4, 0.5) is 0 Å². The van der Waals surface area contributed by atoms with Gasteiger partial charge in [0.15, 0.2) is 0 Å². The van der Waals surface area contributed by atoms with Crippen LogP contribution in [0.2, 0.25) is 0 Å². The fraction of sp³-hybridized carbons (Fsp3) is 0.625. The van der Waals surface area contributed by atoms with Crippen molar-refractivity contribution in [2.24, 2.45) is 0 Å². The van der Waals surface area contributed by atoms with Crippen LogP contribution in [-0.4, -0.2) is 37.8 Å². The van der Waals surface area contributed by atoms with E-state index < -0.39 is 6.10 Å². The van der Waals surface area contributed by atoms with Crippen LogP contribution < -0.4 is 4.74 Å². The summed E-state index contributed by atoms with van der Waals surface area (Å²) in [5.74, 6) is 0.763. The van der Waals surface area contributed by atoms with E-state index in [1.807, 2.05) is 20.2 Å². The molecule has 0 aromatic heterocycles. The second-order valence-electron chi connectivity index (χ2n) is 6.31. The molecule has 3 nitrogen and oxygen atoms in total. The average molecular weight is 265 g/mol. The van der Waals surface area contributed by atoms with Crippen molar-refractivity contribution < 1.29 is 9.84 Å². The normalized spacial score (nSPS) is 13.7. The van der Waals surface area contributed by atoms with Crippen molar-refractivity contribution in [3.8, 4) is 5.75 Å². The molecule has 1 N–H and O–H groups in total. The number of hydrogen-bond donors (Lipinski definition) is 1. The third-order valence-corrected chi connectivity index (χ3v) is 3.30. The lowest BCUT2D eigenvalue weighted by molar-refractivity contribution is 0.150. The average Bonchev–Trinajstić information content (AvgIpc) is 2.33. The summed E-state index contributed by atoms with van der Waals surface area (Å²) in [5.41, 5.74) is 2.17. The first-order chi connectivity index (χ1) is 8.75. The molecule has 0 saturated carbocycles. The second kappa shape index (κ2) is 6.40. The Kier molecular flexibility index (Phi) is 5.39. The van der Waals surface area contributed by atoms with Crippen molar-refractivity contribution in [2.75, 3.05) is 27.7 Å². The van der Waals surface area contributed by atoms with Gasteiger partial charge in [-0.15, -0.1) is 0 Å². The van der Waals surface area contributed by atoms with Crippen molar-refractivity contribution in [2.45, 2.75) is 38.7 Å². The topological polar surface area (TPSA) is 32.7 Å². The van der Waals surface area contributed by atoms with Crippen LogP contribution in [0, 0.1) is 0 Å². The highest BCUT2D eigenvalue weighted by Crippen LogP contribution is 2.32. The van der Waals surface area contributed by atoms with Gasteiger partial charge in [-0.3, -0.25) is 0 Å². The minimum absolute atomic E-state index is 0.0717. The summed E-state index contributed by atoms with van der Waals surface area (Å²) in [7, 11) is 5.67. The van der Waals surface area contributed by atoms with Crippen LogP contribution in [-0.2, 0) is 5.41 Å². The maximum absolute atomic E-state index is 10.4. The third-order valence-electron chi connectivity index (χ3n) is 3.30. The molecule has 1 aromatic carbocycles. The molecule has 1 aromatic rings. The van der Waals surface area contributed by atoms with Crippen molar-refractivity contribution in [3.05, 3.63) is 29.3 Å². The molecule has 0 fully saturated rings. The predicted octanol–water partition coefficient (Wildman–Crippen LogP) is 2.98. The van der Waals surface area contributed by atoms with Gasteiger partial charge in [0.05, 0.1) is 13.2 Å². The third kappa shape index (κ3) is 4.51. The molecule has 0 aliphatic carbocycles. The van der Waals surface area contributed by atoms with E-state index in [4.69, 9.17) is 4.74 Å². The van der Waals surface area contributed by atoms with E-state index in [1.165, 1.54) is 5.56 Å². The zero-order chi connectivity index (χ0) is 14.6. The number of ether oxygens (including phenoxy) is 1. The lowest BCUT2D eigenvalue weighted by Crippen LogP contribution is -2.17. The van der Waals surface area contributed by atoms with Gasteiger partial charge in [0.2, 0.25) is 0 Å². The number of hydrogen-bond acceptors (Lipinski definition) is 3. The first kappa shape index (κ1) is 16.0. The standard InChI is InChI=1S/C16H27NO2/c1-16(2,3)12-7-8-15(19-6)13(11-12)14(18)9-10-17(4)5/h7-8,11,14,18H,9-10H2,1-6H3. The molecule has 0 bridgehead atoms. The predicted molar refractivity (Wildman–Crippen MR) is 79.8 cm³/mol. The first-order valence-electron chi connectivity index (χ1n) is 6.77. The van der Waals surface area contributed by atoms with Crippen molar-refractivity contribution >= 4 is 0 Å². The van der Waals surface area contributed by atoms with E-state index in [0.29, 0.717) is 6.42 Å². The van der Waals surface area contributed by atoms with Crippen LogP contribution in [0.15, 0.2) is 18.2 Å². The monoisotopic (exact) mass is 265 g/mol. The van der Waals surface area contributed by atoms with Gasteiger partial charge >= 0.3 is 0 Å².